The lowest BCUT2D eigenvalue weighted by atomic mass is 10.3. The van der Waals surface area contributed by atoms with Crippen molar-refractivity contribution in [3.05, 3.63) is 24.3 Å². The predicted molar refractivity (Wildman–Crippen MR) is 68.1 cm³/mol. The summed E-state index contributed by atoms with van der Waals surface area (Å²) in [7, 11) is 3.05. The Labute approximate surface area is 105 Å². The lowest BCUT2D eigenvalue weighted by molar-refractivity contribution is 0.227. The molecular weight excluding hydrogens is 236 g/mol. The molecule has 0 heterocycles. The summed E-state index contributed by atoms with van der Waals surface area (Å²) in [5.74, 6) is 0.510. The number of amidine groups is 1. The Morgan fingerprint density at radius 3 is 2.83 bits per heavy atom. The molecule has 18 heavy (non-hydrogen) atoms. The number of nitrogens with two attached hydrogens (primary N) is 1. The van der Waals surface area contributed by atoms with E-state index in [0.29, 0.717) is 11.4 Å². The number of carbonyl (C=O) groups excluding carboxylic acids is 1. The first kappa shape index (κ1) is 13.6. The van der Waals surface area contributed by atoms with E-state index in [9.17, 15) is 4.79 Å². The molecule has 0 bridgehead atoms. The Balaban J connectivity index is 2.69. The van der Waals surface area contributed by atoms with Crippen LogP contribution < -0.4 is 15.8 Å². The van der Waals surface area contributed by atoms with Crippen LogP contribution in [0.5, 0.6) is 5.75 Å². The molecule has 0 spiro atoms. The SMILES string of the molecule is COc1ccccc1NC(=O)N(C)CC(N)=NO. The first-order valence-corrected chi connectivity index (χ1v) is 5.20. The number of nitrogens with zero attached hydrogens (tertiary/aromatic N) is 2. The van der Waals surface area contributed by atoms with Gasteiger partial charge in [-0.1, -0.05) is 17.3 Å². The van der Waals surface area contributed by atoms with Crippen LogP contribution in [-0.4, -0.2) is 42.7 Å². The minimum Gasteiger partial charge on any atom is -0.495 e. The number of likely N-dealkylation sites (N-methyl/N-ethyl adjacent to an activating group) is 1. The number of methoxy groups -OCH3 is 1. The number of nitrogens with one attached hydrogen (secondary N) is 1. The van der Waals surface area contributed by atoms with E-state index in [2.05, 4.69) is 10.5 Å². The molecule has 0 unspecified atom stereocenters. The molecule has 4 N–H and O–H groups in total. The Kier molecular flexibility index (Phi) is 4.79. The second-order valence-corrected chi connectivity index (χ2v) is 3.58. The highest BCUT2D eigenvalue weighted by atomic mass is 16.5. The topological polar surface area (TPSA) is 100 Å². The fraction of sp³-hybridized carbons (Fsp3) is 0.273. The van der Waals surface area contributed by atoms with Gasteiger partial charge in [0.05, 0.1) is 19.3 Å². The number of para-hydroxylation sites is 2. The maximum atomic E-state index is 11.8. The van der Waals surface area contributed by atoms with Crippen LogP contribution in [0.15, 0.2) is 29.4 Å². The molecule has 0 radical (unpaired) electrons. The zero-order valence-corrected chi connectivity index (χ0v) is 10.3. The monoisotopic (exact) mass is 252 g/mol. The number of amides is 2. The molecule has 7 heteroatoms. The van der Waals surface area contributed by atoms with Gasteiger partial charge < -0.3 is 25.9 Å². The maximum absolute atomic E-state index is 11.8. The summed E-state index contributed by atoms with van der Waals surface area (Å²) in [6, 6.07) is 6.65. The summed E-state index contributed by atoms with van der Waals surface area (Å²) in [6.45, 7) is 0.0253. The molecule has 98 valence electrons. The zero-order valence-electron chi connectivity index (χ0n) is 10.3. The summed E-state index contributed by atoms with van der Waals surface area (Å²) in [6.07, 6.45) is 0. The molecule has 1 aromatic carbocycles. The van der Waals surface area contributed by atoms with Gasteiger partial charge in [0.25, 0.3) is 0 Å². The fourth-order valence-electron chi connectivity index (χ4n) is 1.30. The molecular formula is C11H16N4O3. The van der Waals surface area contributed by atoms with Gasteiger partial charge in [0.1, 0.15) is 5.75 Å². The van der Waals surface area contributed by atoms with E-state index >= 15 is 0 Å². The van der Waals surface area contributed by atoms with Crippen molar-refractivity contribution in [2.24, 2.45) is 10.9 Å². The average Bonchev–Trinajstić information content (AvgIpc) is 2.39. The molecule has 0 atom stereocenters. The molecule has 0 aromatic heterocycles. The van der Waals surface area contributed by atoms with Gasteiger partial charge in [0.15, 0.2) is 5.84 Å². The van der Waals surface area contributed by atoms with Crippen LogP contribution in [0.1, 0.15) is 0 Å². The number of hydrogen-bond donors (Lipinski definition) is 3. The normalized spacial score (nSPS) is 10.9. The summed E-state index contributed by atoms with van der Waals surface area (Å²) in [5.41, 5.74) is 5.87. The van der Waals surface area contributed by atoms with Crippen molar-refractivity contribution >= 4 is 17.6 Å². The van der Waals surface area contributed by atoms with Gasteiger partial charge >= 0.3 is 6.03 Å². The van der Waals surface area contributed by atoms with Gasteiger partial charge in [0, 0.05) is 7.05 Å². The molecule has 0 fully saturated rings. The predicted octanol–water partition coefficient (Wildman–Crippen LogP) is 0.905. The van der Waals surface area contributed by atoms with Crippen LogP contribution in [0.3, 0.4) is 0 Å². The zero-order chi connectivity index (χ0) is 13.5. The highest BCUT2D eigenvalue weighted by Gasteiger charge is 2.12. The largest absolute Gasteiger partial charge is 0.495 e. The van der Waals surface area contributed by atoms with Crippen molar-refractivity contribution in [1.82, 2.24) is 4.90 Å². The summed E-state index contributed by atoms with van der Waals surface area (Å²) < 4.78 is 5.11. The van der Waals surface area contributed by atoms with E-state index in [-0.39, 0.29) is 18.4 Å². The quantitative estimate of drug-likeness (QED) is 0.321. The lowest BCUT2D eigenvalue weighted by Gasteiger charge is -2.18. The molecule has 7 nitrogen and oxygen atoms in total. The van der Waals surface area contributed by atoms with Crippen LogP contribution >= 0.6 is 0 Å². The number of anilines is 1. The third-order valence-electron chi connectivity index (χ3n) is 2.22. The van der Waals surface area contributed by atoms with Gasteiger partial charge in [-0.15, -0.1) is 0 Å². The van der Waals surface area contributed by atoms with E-state index in [1.807, 2.05) is 0 Å². The molecule has 0 saturated carbocycles. The smallest absolute Gasteiger partial charge is 0.322 e. The third kappa shape index (κ3) is 3.55. The van der Waals surface area contributed by atoms with E-state index in [0.717, 1.165) is 0 Å². The van der Waals surface area contributed by atoms with Crippen molar-refractivity contribution in [1.29, 1.82) is 0 Å². The Morgan fingerprint density at radius 1 is 1.56 bits per heavy atom. The standard InChI is InChI=1S/C11H16N4O3/c1-15(7-10(12)14-17)11(16)13-8-5-3-4-6-9(8)18-2/h3-6,17H,7H2,1-2H3,(H2,12,14)(H,13,16). The van der Waals surface area contributed by atoms with Crippen LogP contribution in [-0.2, 0) is 0 Å². The van der Waals surface area contributed by atoms with Crippen LogP contribution in [0.4, 0.5) is 10.5 Å². The van der Waals surface area contributed by atoms with Crippen LogP contribution in [0.2, 0.25) is 0 Å². The second kappa shape index (κ2) is 6.33. The molecule has 1 rings (SSSR count). The number of oxime groups is 1. The van der Waals surface area contributed by atoms with E-state index < -0.39 is 0 Å². The maximum Gasteiger partial charge on any atom is 0.322 e. The Morgan fingerprint density at radius 2 is 2.22 bits per heavy atom. The van der Waals surface area contributed by atoms with Crippen molar-refractivity contribution in [2.75, 3.05) is 26.0 Å². The lowest BCUT2D eigenvalue weighted by Crippen LogP contribution is -2.38. The van der Waals surface area contributed by atoms with E-state index in [1.54, 1.807) is 24.3 Å². The number of hydrogen-bond acceptors (Lipinski definition) is 4. The first-order valence-electron chi connectivity index (χ1n) is 5.20. The van der Waals surface area contributed by atoms with Crippen LogP contribution in [0.25, 0.3) is 0 Å². The number of benzene rings is 1. The second-order valence-electron chi connectivity index (χ2n) is 3.58. The third-order valence-corrected chi connectivity index (χ3v) is 2.22. The summed E-state index contributed by atoms with van der Waals surface area (Å²) >= 11 is 0. The van der Waals surface area contributed by atoms with Crippen molar-refractivity contribution in [3.8, 4) is 5.75 Å². The molecule has 0 aliphatic carbocycles. The molecule has 1 aromatic rings. The minimum atomic E-state index is -0.383. The summed E-state index contributed by atoms with van der Waals surface area (Å²) in [5, 5.41) is 13.9. The van der Waals surface area contributed by atoms with Gasteiger partial charge in [-0.3, -0.25) is 0 Å². The molecule has 2 amide bonds. The number of carbonyl (C=O) groups is 1. The average molecular weight is 252 g/mol. The van der Waals surface area contributed by atoms with Crippen molar-refractivity contribution in [2.45, 2.75) is 0 Å². The fourth-order valence-corrected chi connectivity index (χ4v) is 1.30. The van der Waals surface area contributed by atoms with E-state index in [1.165, 1.54) is 19.1 Å². The minimum absolute atomic E-state index is 0.0253. The highest BCUT2D eigenvalue weighted by molar-refractivity contribution is 5.94. The Bertz CT molecular complexity index is 448. The molecule has 0 aliphatic rings. The van der Waals surface area contributed by atoms with Crippen molar-refractivity contribution in [3.63, 3.8) is 0 Å². The van der Waals surface area contributed by atoms with Crippen LogP contribution in [0, 0.1) is 0 Å². The number of urea groups is 1. The van der Waals surface area contributed by atoms with Gasteiger partial charge in [-0.2, -0.15) is 0 Å². The van der Waals surface area contributed by atoms with Crippen molar-refractivity contribution < 1.29 is 14.7 Å². The number of ether oxygens (including phenoxy) is 1. The Hall–Kier alpha value is -2.44. The van der Waals surface area contributed by atoms with Gasteiger partial charge in [-0.05, 0) is 12.1 Å². The summed E-state index contributed by atoms with van der Waals surface area (Å²) in [4.78, 5) is 13.1. The molecule has 0 saturated heterocycles. The van der Waals surface area contributed by atoms with Gasteiger partial charge in [-0.25, -0.2) is 4.79 Å². The number of rotatable bonds is 4. The van der Waals surface area contributed by atoms with Gasteiger partial charge in [0.2, 0.25) is 0 Å². The highest BCUT2D eigenvalue weighted by Crippen LogP contribution is 2.23. The molecule has 0 aliphatic heterocycles. The van der Waals surface area contributed by atoms with E-state index in [4.69, 9.17) is 15.7 Å². The first-order chi connectivity index (χ1) is 8.58.